The SMILES string of the molecule is COc1ccc(/C(O)=C2\C(=O)C(=O)N(c3ccc4c(c3)OCO4)C2c2ccc(N(C)C)cc2)cc1. The topological polar surface area (TPSA) is 88.5 Å². The number of rotatable bonds is 5. The number of aliphatic hydroxyl groups is 1. The van der Waals surface area contributed by atoms with Gasteiger partial charge < -0.3 is 24.2 Å². The summed E-state index contributed by atoms with van der Waals surface area (Å²) in [6.45, 7) is 0.0878. The van der Waals surface area contributed by atoms with E-state index in [0.717, 1.165) is 5.69 Å². The van der Waals surface area contributed by atoms with Crippen molar-refractivity contribution in [2.24, 2.45) is 0 Å². The molecule has 35 heavy (non-hydrogen) atoms. The molecule has 0 aliphatic carbocycles. The lowest BCUT2D eigenvalue weighted by Gasteiger charge is -2.26. The lowest BCUT2D eigenvalue weighted by atomic mass is 9.95. The van der Waals surface area contributed by atoms with Crippen LogP contribution >= 0.6 is 0 Å². The largest absolute Gasteiger partial charge is 0.507 e. The predicted molar refractivity (Wildman–Crippen MR) is 131 cm³/mol. The molecule has 0 bridgehead atoms. The molecule has 0 radical (unpaired) electrons. The van der Waals surface area contributed by atoms with E-state index in [-0.39, 0.29) is 18.1 Å². The van der Waals surface area contributed by atoms with Crippen LogP contribution in [0.4, 0.5) is 11.4 Å². The van der Waals surface area contributed by atoms with Crippen molar-refractivity contribution in [1.29, 1.82) is 0 Å². The van der Waals surface area contributed by atoms with Gasteiger partial charge in [-0.25, -0.2) is 0 Å². The van der Waals surface area contributed by atoms with Crippen molar-refractivity contribution >= 4 is 28.8 Å². The van der Waals surface area contributed by atoms with Gasteiger partial charge in [-0.15, -0.1) is 0 Å². The van der Waals surface area contributed by atoms with Gasteiger partial charge in [0.25, 0.3) is 11.7 Å². The van der Waals surface area contributed by atoms with E-state index in [1.54, 1.807) is 49.6 Å². The minimum Gasteiger partial charge on any atom is -0.507 e. The molecule has 8 heteroatoms. The van der Waals surface area contributed by atoms with Crippen molar-refractivity contribution < 1.29 is 28.9 Å². The first-order valence-electron chi connectivity index (χ1n) is 11.0. The highest BCUT2D eigenvalue weighted by Crippen LogP contribution is 2.45. The van der Waals surface area contributed by atoms with Crippen LogP contribution < -0.4 is 24.0 Å². The van der Waals surface area contributed by atoms with Crippen LogP contribution in [0.15, 0.2) is 72.3 Å². The standard InChI is InChI=1S/C27H24N2O6/c1-28(2)18-8-4-16(5-9-18)24-23(25(30)17-6-11-20(33-3)12-7-17)26(31)27(32)29(24)19-10-13-21-22(14-19)35-15-34-21/h4-14,24,30H,15H2,1-3H3/b25-23+. The van der Waals surface area contributed by atoms with Gasteiger partial charge in [0.15, 0.2) is 11.5 Å². The number of anilines is 2. The molecule has 1 saturated heterocycles. The molecule has 1 N–H and O–H groups in total. The number of ether oxygens (including phenoxy) is 3. The van der Waals surface area contributed by atoms with Crippen LogP contribution in [0.25, 0.3) is 5.76 Å². The van der Waals surface area contributed by atoms with E-state index in [4.69, 9.17) is 14.2 Å². The Kier molecular flexibility index (Phi) is 5.56. The summed E-state index contributed by atoms with van der Waals surface area (Å²) in [4.78, 5) is 30.0. The highest BCUT2D eigenvalue weighted by Gasteiger charge is 2.47. The summed E-state index contributed by atoms with van der Waals surface area (Å²) < 4.78 is 16.1. The normalized spacial score (nSPS) is 18.1. The van der Waals surface area contributed by atoms with Crippen LogP contribution in [0.3, 0.4) is 0 Å². The molecule has 1 atom stereocenters. The van der Waals surface area contributed by atoms with Gasteiger partial charge in [0, 0.05) is 37.1 Å². The summed E-state index contributed by atoms with van der Waals surface area (Å²) in [5.74, 6) is -0.0934. The molecule has 1 fully saturated rings. The Morgan fingerprint density at radius 2 is 1.66 bits per heavy atom. The molecule has 0 aromatic heterocycles. The first-order chi connectivity index (χ1) is 16.9. The van der Waals surface area contributed by atoms with Crippen LogP contribution in [-0.2, 0) is 9.59 Å². The number of hydrogen-bond donors (Lipinski definition) is 1. The Labute approximate surface area is 202 Å². The average Bonchev–Trinajstić information content (AvgIpc) is 3.45. The van der Waals surface area contributed by atoms with E-state index < -0.39 is 17.7 Å². The minimum atomic E-state index is -0.839. The second kappa shape index (κ2) is 8.72. The van der Waals surface area contributed by atoms with Crippen LogP contribution in [0.1, 0.15) is 17.2 Å². The predicted octanol–water partition coefficient (Wildman–Crippen LogP) is 4.12. The molecule has 0 spiro atoms. The summed E-state index contributed by atoms with van der Waals surface area (Å²) in [5, 5.41) is 11.3. The second-order valence-corrected chi connectivity index (χ2v) is 8.42. The molecule has 3 aromatic carbocycles. The second-order valence-electron chi connectivity index (χ2n) is 8.42. The van der Waals surface area contributed by atoms with Gasteiger partial charge in [-0.05, 0) is 54.1 Å². The van der Waals surface area contributed by atoms with Crippen molar-refractivity contribution in [3.05, 3.63) is 83.4 Å². The number of aliphatic hydroxyl groups excluding tert-OH is 1. The number of methoxy groups -OCH3 is 1. The van der Waals surface area contributed by atoms with E-state index in [2.05, 4.69) is 0 Å². The van der Waals surface area contributed by atoms with E-state index in [9.17, 15) is 14.7 Å². The molecule has 3 aromatic rings. The van der Waals surface area contributed by atoms with E-state index in [1.807, 2.05) is 43.3 Å². The molecular weight excluding hydrogens is 448 g/mol. The smallest absolute Gasteiger partial charge is 0.300 e. The maximum Gasteiger partial charge on any atom is 0.300 e. The van der Waals surface area contributed by atoms with Crippen molar-refractivity contribution in [3.63, 3.8) is 0 Å². The fourth-order valence-electron chi connectivity index (χ4n) is 4.31. The molecule has 2 aliphatic rings. The first kappa shape index (κ1) is 22.3. The van der Waals surface area contributed by atoms with E-state index in [0.29, 0.717) is 34.1 Å². The van der Waals surface area contributed by atoms with Crippen molar-refractivity contribution in [2.75, 3.05) is 37.8 Å². The quantitative estimate of drug-likeness (QED) is 0.340. The zero-order valence-electron chi connectivity index (χ0n) is 19.5. The molecule has 8 nitrogen and oxygen atoms in total. The van der Waals surface area contributed by atoms with Crippen LogP contribution in [0.5, 0.6) is 17.2 Å². The van der Waals surface area contributed by atoms with Gasteiger partial charge in [-0.2, -0.15) is 0 Å². The third kappa shape index (κ3) is 3.82. The summed E-state index contributed by atoms with van der Waals surface area (Å²) in [6.07, 6.45) is 0. The fraction of sp³-hybridized carbons (Fsp3) is 0.185. The van der Waals surface area contributed by atoms with Crippen LogP contribution in [0.2, 0.25) is 0 Å². The number of ketones is 1. The molecule has 178 valence electrons. The highest BCUT2D eigenvalue weighted by atomic mass is 16.7. The number of nitrogens with zero attached hydrogens (tertiary/aromatic N) is 2. The number of benzene rings is 3. The summed E-state index contributed by atoms with van der Waals surface area (Å²) in [7, 11) is 5.40. The number of hydrogen-bond acceptors (Lipinski definition) is 7. The maximum atomic E-state index is 13.3. The number of carbonyl (C=O) groups is 2. The van der Waals surface area contributed by atoms with Crippen molar-refractivity contribution in [2.45, 2.75) is 6.04 Å². The minimum absolute atomic E-state index is 0.00966. The zero-order valence-corrected chi connectivity index (χ0v) is 19.5. The molecule has 0 saturated carbocycles. The average molecular weight is 472 g/mol. The van der Waals surface area contributed by atoms with Crippen LogP contribution in [0, 0.1) is 0 Å². The van der Waals surface area contributed by atoms with Crippen LogP contribution in [-0.4, -0.2) is 44.8 Å². The molecule has 1 unspecified atom stereocenters. The van der Waals surface area contributed by atoms with E-state index >= 15 is 0 Å². The molecular formula is C27H24N2O6. The van der Waals surface area contributed by atoms with Gasteiger partial charge in [0.1, 0.15) is 11.5 Å². The third-order valence-corrected chi connectivity index (χ3v) is 6.17. The van der Waals surface area contributed by atoms with Gasteiger partial charge in [0.2, 0.25) is 6.79 Å². The Bertz CT molecular complexity index is 1330. The lowest BCUT2D eigenvalue weighted by Crippen LogP contribution is -2.29. The number of carbonyl (C=O) groups excluding carboxylic acids is 2. The zero-order chi connectivity index (χ0) is 24.7. The number of Topliss-reactive ketones (excluding diaryl/α,β-unsaturated/α-hetero) is 1. The Morgan fingerprint density at radius 3 is 2.31 bits per heavy atom. The molecule has 2 aliphatic heterocycles. The van der Waals surface area contributed by atoms with E-state index in [1.165, 1.54) is 4.90 Å². The Hall–Kier alpha value is -4.46. The number of fused-ring (bicyclic) bond motifs is 1. The maximum absolute atomic E-state index is 13.3. The Balaban J connectivity index is 1.67. The van der Waals surface area contributed by atoms with Gasteiger partial charge in [-0.3, -0.25) is 14.5 Å². The number of amides is 1. The third-order valence-electron chi connectivity index (χ3n) is 6.17. The van der Waals surface area contributed by atoms with Gasteiger partial charge >= 0.3 is 0 Å². The molecule has 2 heterocycles. The molecule has 5 rings (SSSR count). The summed E-state index contributed by atoms with van der Waals surface area (Å²) in [6, 6.07) is 18.4. The van der Waals surface area contributed by atoms with Crippen molar-refractivity contribution in [3.8, 4) is 17.2 Å². The fourth-order valence-corrected chi connectivity index (χ4v) is 4.31. The Morgan fingerprint density at radius 1 is 0.971 bits per heavy atom. The summed E-state index contributed by atoms with van der Waals surface area (Å²) in [5.41, 5.74) is 2.53. The first-order valence-corrected chi connectivity index (χ1v) is 11.0. The molecule has 1 amide bonds. The van der Waals surface area contributed by atoms with Crippen molar-refractivity contribution in [1.82, 2.24) is 0 Å². The monoisotopic (exact) mass is 472 g/mol. The highest BCUT2D eigenvalue weighted by molar-refractivity contribution is 6.51. The summed E-state index contributed by atoms with van der Waals surface area (Å²) >= 11 is 0. The van der Waals surface area contributed by atoms with Gasteiger partial charge in [0.05, 0.1) is 18.7 Å². The van der Waals surface area contributed by atoms with Gasteiger partial charge in [-0.1, -0.05) is 12.1 Å². The lowest BCUT2D eigenvalue weighted by molar-refractivity contribution is -0.132.